The van der Waals surface area contributed by atoms with E-state index in [1.54, 1.807) is 18.8 Å². The Kier molecular flexibility index (Phi) is 4.96. The SMILES string of the molecule is CCS[C@@H]1CCC[C@H]1NC(=O)c1c(C)nn(C)c1OC. The third-order valence-electron chi connectivity index (χ3n) is 3.74. The minimum atomic E-state index is -0.0685. The summed E-state index contributed by atoms with van der Waals surface area (Å²) in [7, 11) is 3.35. The lowest BCUT2D eigenvalue weighted by molar-refractivity contribution is 0.0934. The molecule has 0 unspecified atom stereocenters. The van der Waals surface area contributed by atoms with Gasteiger partial charge in [-0.3, -0.25) is 4.79 Å². The Morgan fingerprint density at radius 3 is 2.95 bits per heavy atom. The minimum Gasteiger partial charge on any atom is -0.481 e. The molecule has 1 saturated carbocycles. The second-order valence-electron chi connectivity index (χ2n) is 5.10. The lowest BCUT2D eigenvalue weighted by Crippen LogP contribution is -2.39. The van der Waals surface area contributed by atoms with Crippen LogP contribution in [0.4, 0.5) is 0 Å². The van der Waals surface area contributed by atoms with E-state index in [9.17, 15) is 4.79 Å². The summed E-state index contributed by atoms with van der Waals surface area (Å²) in [4.78, 5) is 12.5. The number of rotatable bonds is 5. The zero-order valence-corrected chi connectivity index (χ0v) is 13.4. The first-order valence-corrected chi connectivity index (χ1v) is 8.13. The molecule has 1 aliphatic carbocycles. The van der Waals surface area contributed by atoms with Crippen molar-refractivity contribution in [3.63, 3.8) is 0 Å². The number of carbonyl (C=O) groups excluding carboxylic acids is 1. The molecule has 0 saturated heterocycles. The summed E-state index contributed by atoms with van der Waals surface area (Å²) >= 11 is 1.94. The highest BCUT2D eigenvalue weighted by atomic mass is 32.2. The minimum absolute atomic E-state index is 0.0685. The second-order valence-corrected chi connectivity index (χ2v) is 6.61. The smallest absolute Gasteiger partial charge is 0.258 e. The van der Waals surface area contributed by atoms with Crippen molar-refractivity contribution in [3.8, 4) is 5.88 Å². The molecular weight excluding hydrogens is 274 g/mol. The first kappa shape index (κ1) is 15.2. The maximum atomic E-state index is 12.5. The molecule has 0 aromatic carbocycles. The lowest BCUT2D eigenvalue weighted by Gasteiger charge is -2.20. The Morgan fingerprint density at radius 2 is 2.30 bits per heavy atom. The van der Waals surface area contributed by atoms with Gasteiger partial charge in [-0.25, -0.2) is 4.68 Å². The molecule has 1 N–H and O–H groups in total. The molecule has 0 radical (unpaired) electrons. The van der Waals surface area contributed by atoms with E-state index in [1.807, 2.05) is 18.7 Å². The van der Waals surface area contributed by atoms with Gasteiger partial charge in [0.15, 0.2) is 0 Å². The topological polar surface area (TPSA) is 56.2 Å². The molecule has 0 spiro atoms. The molecule has 1 aromatic rings. The van der Waals surface area contributed by atoms with Gasteiger partial charge in [0.25, 0.3) is 5.91 Å². The van der Waals surface area contributed by atoms with Crippen LogP contribution in [0.3, 0.4) is 0 Å². The molecule has 0 aliphatic heterocycles. The van der Waals surface area contributed by atoms with Gasteiger partial charge in [-0.15, -0.1) is 0 Å². The summed E-state index contributed by atoms with van der Waals surface area (Å²) in [5.74, 6) is 1.55. The Bertz CT molecular complexity index is 487. The number of methoxy groups -OCH3 is 1. The van der Waals surface area contributed by atoms with Crippen molar-refractivity contribution in [2.24, 2.45) is 7.05 Å². The molecule has 1 aliphatic rings. The molecule has 0 bridgehead atoms. The van der Waals surface area contributed by atoms with Crippen LogP contribution in [-0.2, 0) is 7.05 Å². The van der Waals surface area contributed by atoms with Crippen molar-refractivity contribution in [2.75, 3.05) is 12.9 Å². The predicted molar refractivity (Wildman–Crippen MR) is 81.5 cm³/mol. The molecular formula is C14H23N3O2S. The van der Waals surface area contributed by atoms with Crippen LogP contribution in [0.15, 0.2) is 0 Å². The fourth-order valence-corrected chi connectivity index (χ4v) is 4.08. The summed E-state index contributed by atoms with van der Waals surface area (Å²) in [6.07, 6.45) is 3.43. The number of nitrogens with zero attached hydrogens (tertiary/aromatic N) is 2. The van der Waals surface area contributed by atoms with E-state index in [4.69, 9.17) is 4.74 Å². The molecule has 1 aromatic heterocycles. The summed E-state index contributed by atoms with van der Waals surface area (Å²) in [6.45, 7) is 4.00. The number of thioether (sulfide) groups is 1. The molecule has 1 fully saturated rings. The fourth-order valence-electron chi connectivity index (χ4n) is 2.88. The van der Waals surface area contributed by atoms with E-state index in [2.05, 4.69) is 17.3 Å². The first-order valence-electron chi connectivity index (χ1n) is 7.08. The zero-order chi connectivity index (χ0) is 14.7. The van der Waals surface area contributed by atoms with Gasteiger partial charge >= 0.3 is 0 Å². The van der Waals surface area contributed by atoms with Crippen LogP contribution >= 0.6 is 11.8 Å². The highest BCUT2D eigenvalue weighted by Crippen LogP contribution is 2.30. The van der Waals surface area contributed by atoms with Crippen molar-refractivity contribution < 1.29 is 9.53 Å². The number of ether oxygens (including phenoxy) is 1. The Balaban J connectivity index is 2.12. The van der Waals surface area contributed by atoms with Crippen LogP contribution in [0.25, 0.3) is 0 Å². The van der Waals surface area contributed by atoms with Crippen molar-refractivity contribution in [2.45, 2.75) is 44.4 Å². The number of hydrogen-bond donors (Lipinski definition) is 1. The maximum absolute atomic E-state index is 12.5. The largest absolute Gasteiger partial charge is 0.481 e. The van der Waals surface area contributed by atoms with Crippen molar-refractivity contribution >= 4 is 17.7 Å². The van der Waals surface area contributed by atoms with Gasteiger partial charge in [-0.2, -0.15) is 16.9 Å². The number of amides is 1. The number of aromatic nitrogens is 2. The number of hydrogen-bond acceptors (Lipinski definition) is 4. The van der Waals surface area contributed by atoms with E-state index in [1.165, 1.54) is 12.8 Å². The third-order valence-corrected chi connectivity index (χ3v) is 5.07. The van der Waals surface area contributed by atoms with Gasteiger partial charge in [-0.1, -0.05) is 13.3 Å². The molecule has 112 valence electrons. The average molecular weight is 297 g/mol. The Morgan fingerprint density at radius 1 is 1.55 bits per heavy atom. The number of aryl methyl sites for hydroxylation is 2. The second kappa shape index (κ2) is 6.52. The van der Waals surface area contributed by atoms with Crippen molar-refractivity contribution in [1.29, 1.82) is 0 Å². The van der Waals surface area contributed by atoms with Crippen molar-refractivity contribution in [3.05, 3.63) is 11.3 Å². The average Bonchev–Trinajstić information content (AvgIpc) is 2.94. The Labute approximate surface area is 124 Å². The van der Waals surface area contributed by atoms with E-state index in [0.717, 1.165) is 12.2 Å². The molecule has 2 rings (SSSR count). The Hall–Kier alpha value is -1.17. The number of carbonyl (C=O) groups is 1. The number of nitrogens with one attached hydrogen (secondary N) is 1. The van der Waals surface area contributed by atoms with E-state index >= 15 is 0 Å². The summed E-state index contributed by atoms with van der Waals surface area (Å²) in [5.41, 5.74) is 1.27. The van der Waals surface area contributed by atoms with Crippen LogP contribution in [0.2, 0.25) is 0 Å². The maximum Gasteiger partial charge on any atom is 0.258 e. The zero-order valence-electron chi connectivity index (χ0n) is 12.6. The van der Waals surface area contributed by atoms with E-state index < -0.39 is 0 Å². The molecule has 1 heterocycles. The van der Waals surface area contributed by atoms with Crippen LogP contribution in [0.1, 0.15) is 42.2 Å². The summed E-state index contributed by atoms with van der Waals surface area (Å²) in [6, 6.07) is 0.261. The molecule has 20 heavy (non-hydrogen) atoms. The van der Waals surface area contributed by atoms with Gasteiger partial charge in [0.1, 0.15) is 5.56 Å². The summed E-state index contributed by atoms with van der Waals surface area (Å²) < 4.78 is 6.90. The normalized spacial score (nSPS) is 22.0. The van der Waals surface area contributed by atoms with E-state index in [0.29, 0.717) is 22.4 Å². The van der Waals surface area contributed by atoms with E-state index in [-0.39, 0.29) is 11.9 Å². The van der Waals surface area contributed by atoms with Crippen LogP contribution in [0, 0.1) is 6.92 Å². The molecule has 1 amide bonds. The highest BCUT2D eigenvalue weighted by Gasteiger charge is 2.30. The van der Waals surface area contributed by atoms with Crippen LogP contribution in [0.5, 0.6) is 5.88 Å². The fraction of sp³-hybridized carbons (Fsp3) is 0.714. The lowest BCUT2D eigenvalue weighted by atomic mass is 10.2. The molecule has 6 heteroatoms. The predicted octanol–water partition coefficient (Wildman–Crippen LogP) is 2.14. The van der Waals surface area contributed by atoms with Crippen LogP contribution < -0.4 is 10.1 Å². The van der Waals surface area contributed by atoms with Gasteiger partial charge in [0, 0.05) is 18.3 Å². The van der Waals surface area contributed by atoms with Gasteiger partial charge in [0.2, 0.25) is 5.88 Å². The summed E-state index contributed by atoms with van der Waals surface area (Å²) in [5, 5.41) is 7.96. The third kappa shape index (κ3) is 2.95. The molecule has 5 nitrogen and oxygen atoms in total. The van der Waals surface area contributed by atoms with Gasteiger partial charge < -0.3 is 10.1 Å². The molecule has 2 atom stereocenters. The monoisotopic (exact) mass is 297 g/mol. The van der Waals surface area contributed by atoms with Crippen LogP contribution in [-0.4, -0.2) is 39.8 Å². The quantitative estimate of drug-likeness (QED) is 0.904. The highest BCUT2D eigenvalue weighted by molar-refractivity contribution is 7.99. The van der Waals surface area contributed by atoms with Gasteiger partial charge in [-0.05, 0) is 25.5 Å². The van der Waals surface area contributed by atoms with Gasteiger partial charge in [0.05, 0.1) is 12.8 Å². The standard InChI is InChI=1S/C14H23N3O2S/c1-5-20-11-8-6-7-10(11)15-13(18)12-9(2)16-17(3)14(12)19-4/h10-11H,5-8H2,1-4H3,(H,15,18)/t10-,11-/m1/s1. The first-order chi connectivity index (χ1) is 9.58. The van der Waals surface area contributed by atoms with Crippen molar-refractivity contribution in [1.82, 2.24) is 15.1 Å².